The Morgan fingerprint density at radius 3 is 2.33 bits per heavy atom. The number of ether oxygens (including phenoxy) is 2. The molecule has 1 aromatic heterocycles. The molecule has 2 amide bonds. The lowest BCUT2D eigenvalue weighted by Gasteiger charge is -2.35. The molecule has 2 saturated heterocycles. The molecule has 10 heteroatoms. The van der Waals surface area contributed by atoms with Gasteiger partial charge in [-0.25, -0.2) is 4.79 Å². The highest BCUT2D eigenvalue weighted by Crippen LogP contribution is 2.32. The Hall–Kier alpha value is -3.95. The first-order valence-electron chi connectivity index (χ1n) is 16.0. The molecule has 2 fully saturated rings. The number of hydrogen-bond donors (Lipinski definition) is 1. The molecule has 10 nitrogen and oxygen atoms in total. The molecular formula is C35H47N3O7. The third-order valence-corrected chi connectivity index (χ3v) is 8.78. The molecular weight excluding hydrogens is 574 g/mol. The van der Waals surface area contributed by atoms with Gasteiger partial charge in [0.2, 0.25) is 5.91 Å². The van der Waals surface area contributed by atoms with Gasteiger partial charge in [0.15, 0.2) is 0 Å². The van der Waals surface area contributed by atoms with Gasteiger partial charge >= 0.3 is 12.1 Å². The highest BCUT2D eigenvalue weighted by atomic mass is 16.6. The number of nitrogens with zero attached hydrogens (tertiary/aromatic N) is 3. The molecule has 0 aliphatic carbocycles. The van der Waals surface area contributed by atoms with Crippen molar-refractivity contribution in [3.63, 3.8) is 0 Å². The first-order valence-corrected chi connectivity index (χ1v) is 16.0. The number of carbonyl (C=O) groups excluding carboxylic acids is 4. The zero-order valence-corrected chi connectivity index (χ0v) is 27.0. The van der Waals surface area contributed by atoms with Crippen molar-refractivity contribution in [3.8, 4) is 16.9 Å². The van der Waals surface area contributed by atoms with Crippen LogP contribution in [0.25, 0.3) is 11.1 Å². The van der Waals surface area contributed by atoms with Crippen LogP contribution in [-0.4, -0.2) is 82.5 Å². The van der Waals surface area contributed by atoms with Crippen LogP contribution in [0.4, 0.5) is 4.79 Å². The lowest BCUT2D eigenvalue weighted by molar-refractivity contribution is -0.141. The van der Waals surface area contributed by atoms with Gasteiger partial charge in [-0.2, -0.15) is 0 Å². The van der Waals surface area contributed by atoms with E-state index in [-0.39, 0.29) is 42.3 Å². The van der Waals surface area contributed by atoms with Crippen LogP contribution < -0.4 is 0 Å². The molecule has 2 atom stereocenters. The molecule has 0 spiro atoms. The Bertz CT molecular complexity index is 1330. The molecule has 1 aromatic carbocycles. The van der Waals surface area contributed by atoms with Crippen molar-refractivity contribution >= 4 is 23.8 Å². The average Bonchev–Trinajstić information content (AvgIpc) is 3.03. The Morgan fingerprint density at radius 2 is 1.67 bits per heavy atom. The van der Waals surface area contributed by atoms with E-state index >= 15 is 0 Å². The topological polar surface area (TPSA) is 126 Å². The predicted molar refractivity (Wildman–Crippen MR) is 169 cm³/mol. The first-order chi connectivity index (χ1) is 21.4. The summed E-state index contributed by atoms with van der Waals surface area (Å²) in [6.07, 6.45) is 7.66. The summed E-state index contributed by atoms with van der Waals surface area (Å²) in [6, 6.07) is 8.70. The van der Waals surface area contributed by atoms with E-state index in [0.717, 1.165) is 42.4 Å². The van der Waals surface area contributed by atoms with E-state index in [1.807, 2.05) is 31.7 Å². The molecule has 2 aliphatic rings. The van der Waals surface area contributed by atoms with E-state index in [4.69, 9.17) is 9.47 Å². The van der Waals surface area contributed by atoms with Gasteiger partial charge in [0.05, 0.1) is 13.5 Å². The first kappa shape index (κ1) is 33.9. The summed E-state index contributed by atoms with van der Waals surface area (Å²) in [5.41, 5.74) is 1.92. The van der Waals surface area contributed by atoms with Gasteiger partial charge in [-0.05, 0) is 88.1 Å². The van der Waals surface area contributed by atoms with Crippen molar-refractivity contribution in [1.29, 1.82) is 0 Å². The molecule has 2 aromatic rings. The largest absolute Gasteiger partial charge is 0.508 e. The number of hydrogen-bond acceptors (Lipinski definition) is 8. The molecule has 1 unspecified atom stereocenters. The number of esters is 1. The highest BCUT2D eigenvalue weighted by Gasteiger charge is 2.32. The van der Waals surface area contributed by atoms with Crippen LogP contribution in [0.15, 0.2) is 42.7 Å². The predicted octanol–water partition coefficient (Wildman–Crippen LogP) is 5.73. The van der Waals surface area contributed by atoms with Crippen molar-refractivity contribution in [3.05, 3.63) is 48.3 Å². The monoisotopic (exact) mass is 621 g/mol. The minimum Gasteiger partial charge on any atom is -0.508 e. The normalized spacial score (nSPS) is 18.3. The highest BCUT2D eigenvalue weighted by molar-refractivity contribution is 5.84. The van der Waals surface area contributed by atoms with Crippen molar-refractivity contribution < 1.29 is 33.8 Å². The third-order valence-electron chi connectivity index (χ3n) is 8.78. The second-order valence-corrected chi connectivity index (χ2v) is 13.3. The fraction of sp³-hybridized carbons (Fsp3) is 0.571. The van der Waals surface area contributed by atoms with Crippen molar-refractivity contribution in [1.82, 2.24) is 14.8 Å². The number of likely N-dealkylation sites (tertiary alicyclic amines) is 2. The van der Waals surface area contributed by atoms with Crippen LogP contribution in [-0.2, 0) is 23.9 Å². The number of aromatic nitrogens is 1. The number of amides is 2. The van der Waals surface area contributed by atoms with E-state index < -0.39 is 17.5 Å². The fourth-order valence-electron chi connectivity index (χ4n) is 6.18. The zero-order valence-electron chi connectivity index (χ0n) is 27.0. The number of phenolic OH excluding ortho intramolecular Hbond substituents is 1. The number of carbonyl (C=O) groups is 4. The Balaban J connectivity index is 1.31. The molecule has 3 heterocycles. The number of aromatic hydroxyl groups is 1. The summed E-state index contributed by atoms with van der Waals surface area (Å²) < 4.78 is 10.4. The number of ketones is 1. The van der Waals surface area contributed by atoms with Gasteiger partial charge in [0.1, 0.15) is 17.1 Å². The van der Waals surface area contributed by atoms with E-state index in [9.17, 15) is 24.3 Å². The minimum atomic E-state index is -0.521. The second-order valence-electron chi connectivity index (χ2n) is 13.3. The Labute approximate surface area is 266 Å². The molecule has 0 radical (unpaired) electrons. The number of benzene rings is 1. The van der Waals surface area contributed by atoms with Crippen LogP contribution in [0.5, 0.6) is 5.75 Å². The number of rotatable bonds is 10. The maximum atomic E-state index is 13.6. The smallest absolute Gasteiger partial charge is 0.410 e. The van der Waals surface area contributed by atoms with E-state index in [1.54, 1.807) is 41.6 Å². The third kappa shape index (κ3) is 10.0. The fourth-order valence-corrected chi connectivity index (χ4v) is 6.18. The summed E-state index contributed by atoms with van der Waals surface area (Å²) >= 11 is 0. The van der Waals surface area contributed by atoms with Gasteiger partial charge in [0, 0.05) is 68.8 Å². The van der Waals surface area contributed by atoms with Crippen LogP contribution in [0.2, 0.25) is 0 Å². The number of phenols is 1. The average molecular weight is 622 g/mol. The lowest BCUT2D eigenvalue weighted by atomic mass is 9.84. The van der Waals surface area contributed by atoms with E-state index in [1.165, 1.54) is 7.11 Å². The SMILES string of the molecule is COC(=O)CC(CC(=O)[C@@H]1CCCN(C(=O)CCC2CCN(C(=O)OC(C)(C)C)CC2)C1)c1cncc(-c2ccc(O)cc2)c1. The maximum absolute atomic E-state index is 13.6. The molecule has 0 bridgehead atoms. The number of methoxy groups -OCH3 is 1. The summed E-state index contributed by atoms with van der Waals surface area (Å²) in [5, 5.41) is 9.65. The van der Waals surface area contributed by atoms with Gasteiger partial charge in [-0.3, -0.25) is 19.4 Å². The quantitative estimate of drug-likeness (QED) is 0.334. The summed E-state index contributed by atoms with van der Waals surface area (Å²) in [4.78, 5) is 59.5. The van der Waals surface area contributed by atoms with Gasteiger partial charge in [-0.15, -0.1) is 0 Å². The standard InChI is InChI=1S/C35H47N3O7/c1-35(2,3)45-34(43)37-16-13-24(14-17-37)7-12-32(41)38-15-5-6-26(23-38)31(40)19-27(20-33(42)44-4)29-18-28(21-36-22-29)25-8-10-30(39)11-9-25/h8-11,18,21-22,24,26-27,39H,5-7,12-17,19-20,23H2,1-4H3/t26-,27?/m1/s1. The zero-order chi connectivity index (χ0) is 32.6. The van der Waals surface area contributed by atoms with Gasteiger partial charge in [0.25, 0.3) is 0 Å². The number of Topliss-reactive ketones (excluding diaryl/α,β-unsaturated/α-hetero) is 1. The minimum absolute atomic E-state index is 0.0333. The van der Waals surface area contributed by atoms with Gasteiger partial charge < -0.3 is 24.4 Å². The Kier molecular flexibility index (Phi) is 11.6. The molecule has 244 valence electrons. The van der Waals surface area contributed by atoms with Crippen LogP contribution in [0.3, 0.4) is 0 Å². The van der Waals surface area contributed by atoms with Crippen molar-refractivity contribution in [2.45, 2.75) is 83.7 Å². The van der Waals surface area contributed by atoms with Crippen LogP contribution in [0.1, 0.15) is 83.6 Å². The second kappa shape index (κ2) is 15.4. The summed E-state index contributed by atoms with van der Waals surface area (Å²) in [7, 11) is 1.33. The van der Waals surface area contributed by atoms with Crippen LogP contribution in [0, 0.1) is 11.8 Å². The summed E-state index contributed by atoms with van der Waals surface area (Å²) in [6.45, 7) is 7.88. The van der Waals surface area contributed by atoms with Crippen molar-refractivity contribution in [2.24, 2.45) is 11.8 Å². The lowest BCUT2D eigenvalue weighted by Crippen LogP contribution is -2.43. The molecule has 1 N–H and O–H groups in total. The van der Waals surface area contributed by atoms with Crippen molar-refractivity contribution in [2.75, 3.05) is 33.3 Å². The van der Waals surface area contributed by atoms with Crippen LogP contribution >= 0.6 is 0 Å². The molecule has 4 rings (SSSR count). The molecule has 45 heavy (non-hydrogen) atoms. The number of piperidine rings is 2. The molecule has 2 aliphatic heterocycles. The van der Waals surface area contributed by atoms with E-state index in [0.29, 0.717) is 44.9 Å². The summed E-state index contributed by atoms with van der Waals surface area (Å²) in [5.74, 6) is -0.456. The molecule has 0 saturated carbocycles. The maximum Gasteiger partial charge on any atom is 0.410 e. The Morgan fingerprint density at radius 1 is 0.956 bits per heavy atom. The van der Waals surface area contributed by atoms with E-state index in [2.05, 4.69) is 4.98 Å². The number of pyridine rings is 1. The van der Waals surface area contributed by atoms with Gasteiger partial charge in [-0.1, -0.05) is 12.1 Å².